The highest BCUT2D eigenvalue weighted by atomic mass is 16.5. The summed E-state index contributed by atoms with van der Waals surface area (Å²) in [6, 6.07) is 4.42. The molecule has 0 heterocycles. The van der Waals surface area contributed by atoms with Gasteiger partial charge >= 0.3 is 0 Å². The van der Waals surface area contributed by atoms with Gasteiger partial charge in [-0.2, -0.15) is 0 Å². The van der Waals surface area contributed by atoms with E-state index in [4.69, 9.17) is 14.2 Å². The molecule has 1 aliphatic rings. The van der Waals surface area contributed by atoms with Crippen molar-refractivity contribution in [1.29, 1.82) is 0 Å². The van der Waals surface area contributed by atoms with Crippen molar-refractivity contribution in [3.8, 4) is 17.2 Å². The molecule has 0 saturated heterocycles. The van der Waals surface area contributed by atoms with Crippen molar-refractivity contribution in [3.05, 3.63) is 17.7 Å². The highest BCUT2D eigenvalue weighted by Crippen LogP contribution is 2.34. The summed E-state index contributed by atoms with van der Waals surface area (Å²) in [6.45, 7) is 0.765. The Morgan fingerprint density at radius 2 is 1.55 bits per heavy atom. The van der Waals surface area contributed by atoms with Crippen LogP contribution >= 0.6 is 0 Å². The number of ether oxygens (including phenoxy) is 3. The zero-order chi connectivity index (χ0) is 14.4. The minimum Gasteiger partial charge on any atom is -0.496 e. The molecule has 1 aliphatic carbocycles. The van der Waals surface area contributed by atoms with Crippen LogP contribution in [0.5, 0.6) is 17.2 Å². The van der Waals surface area contributed by atoms with E-state index in [2.05, 4.69) is 5.32 Å². The highest BCUT2D eigenvalue weighted by molar-refractivity contribution is 5.50. The lowest BCUT2D eigenvalue weighted by Crippen LogP contribution is -2.30. The van der Waals surface area contributed by atoms with Gasteiger partial charge in [-0.3, -0.25) is 0 Å². The molecule has 2 rings (SSSR count). The van der Waals surface area contributed by atoms with Crippen LogP contribution in [0.4, 0.5) is 0 Å². The van der Waals surface area contributed by atoms with Crippen molar-refractivity contribution < 1.29 is 14.2 Å². The zero-order valence-corrected chi connectivity index (χ0v) is 12.7. The predicted octanol–water partition coefficient (Wildman–Crippen LogP) is 3.13. The van der Waals surface area contributed by atoms with E-state index in [1.54, 1.807) is 21.3 Å². The molecule has 0 aliphatic heterocycles. The SMILES string of the molecule is COc1cc(OC)c(CNC2CCCCC2)c(OC)c1. The van der Waals surface area contributed by atoms with E-state index >= 15 is 0 Å². The van der Waals surface area contributed by atoms with Crippen LogP contribution in [-0.2, 0) is 6.54 Å². The maximum Gasteiger partial charge on any atom is 0.130 e. The van der Waals surface area contributed by atoms with Crippen LogP contribution in [0.15, 0.2) is 12.1 Å². The van der Waals surface area contributed by atoms with Crippen molar-refractivity contribution in [2.45, 2.75) is 44.7 Å². The van der Waals surface area contributed by atoms with Gasteiger partial charge in [0.15, 0.2) is 0 Å². The summed E-state index contributed by atoms with van der Waals surface area (Å²) in [6.07, 6.45) is 6.55. The molecule has 0 aromatic heterocycles. The molecule has 0 unspecified atom stereocenters. The lowest BCUT2D eigenvalue weighted by molar-refractivity contribution is 0.348. The van der Waals surface area contributed by atoms with E-state index in [9.17, 15) is 0 Å². The molecule has 0 amide bonds. The third-order valence-corrected chi connectivity index (χ3v) is 3.99. The van der Waals surface area contributed by atoms with Crippen molar-refractivity contribution in [1.82, 2.24) is 5.32 Å². The molecular formula is C16H25NO3. The lowest BCUT2D eigenvalue weighted by atomic mass is 9.95. The zero-order valence-electron chi connectivity index (χ0n) is 12.7. The summed E-state index contributed by atoms with van der Waals surface area (Å²) < 4.78 is 16.2. The monoisotopic (exact) mass is 279 g/mol. The molecule has 1 fully saturated rings. The maximum atomic E-state index is 5.47. The van der Waals surface area contributed by atoms with Gasteiger partial charge in [0.05, 0.1) is 26.9 Å². The molecule has 1 saturated carbocycles. The Morgan fingerprint density at radius 3 is 2.05 bits per heavy atom. The Morgan fingerprint density at radius 1 is 0.950 bits per heavy atom. The molecule has 1 N–H and O–H groups in total. The fourth-order valence-electron chi connectivity index (χ4n) is 2.81. The average molecular weight is 279 g/mol. The number of nitrogens with one attached hydrogen (secondary N) is 1. The van der Waals surface area contributed by atoms with Gasteiger partial charge in [-0.25, -0.2) is 0 Å². The Labute approximate surface area is 121 Å². The van der Waals surface area contributed by atoms with E-state index in [1.165, 1.54) is 32.1 Å². The molecule has 0 radical (unpaired) electrons. The third-order valence-electron chi connectivity index (χ3n) is 3.99. The van der Waals surface area contributed by atoms with Gasteiger partial charge in [0, 0.05) is 24.7 Å². The summed E-state index contributed by atoms with van der Waals surface area (Å²) >= 11 is 0. The minimum absolute atomic E-state index is 0.611. The van der Waals surface area contributed by atoms with Gasteiger partial charge < -0.3 is 19.5 Å². The first-order valence-electron chi connectivity index (χ1n) is 7.30. The van der Waals surface area contributed by atoms with Crippen molar-refractivity contribution in [2.75, 3.05) is 21.3 Å². The fraction of sp³-hybridized carbons (Fsp3) is 0.625. The first kappa shape index (κ1) is 15.0. The second-order valence-electron chi connectivity index (χ2n) is 5.23. The number of benzene rings is 1. The van der Waals surface area contributed by atoms with Crippen LogP contribution in [0.3, 0.4) is 0 Å². The molecule has 4 nitrogen and oxygen atoms in total. The summed E-state index contributed by atoms with van der Waals surface area (Å²) in [5.74, 6) is 2.37. The van der Waals surface area contributed by atoms with Crippen LogP contribution in [-0.4, -0.2) is 27.4 Å². The number of methoxy groups -OCH3 is 3. The quantitative estimate of drug-likeness (QED) is 0.868. The Kier molecular flexibility index (Phi) is 5.53. The second-order valence-corrected chi connectivity index (χ2v) is 5.23. The minimum atomic E-state index is 0.611. The van der Waals surface area contributed by atoms with Crippen LogP contribution in [0.1, 0.15) is 37.7 Å². The molecule has 0 bridgehead atoms. The normalized spacial score (nSPS) is 15.9. The van der Waals surface area contributed by atoms with Gasteiger partial charge in [-0.05, 0) is 12.8 Å². The van der Waals surface area contributed by atoms with Crippen LogP contribution < -0.4 is 19.5 Å². The van der Waals surface area contributed by atoms with Gasteiger partial charge in [-0.1, -0.05) is 19.3 Å². The molecule has 1 aromatic rings. The number of hydrogen-bond acceptors (Lipinski definition) is 4. The molecular weight excluding hydrogens is 254 g/mol. The maximum absolute atomic E-state index is 5.47. The van der Waals surface area contributed by atoms with Gasteiger partial charge in [0.2, 0.25) is 0 Å². The predicted molar refractivity (Wildman–Crippen MR) is 79.8 cm³/mol. The first-order chi connectivity index (χ1) is 9.78. The van der Waals surface area contributed by atoms with Gasteiger partial charge in [0.25, 0.3) is 0 Å². The van der Waals surface area contributed by atoms with Crippen LogP contribution in [0.25, 0.3) is 0 Å². The topological polar surface area (TPSA) is 39.7 Å². The van der Waals surface area contributed by atoms with Crippen LogP contribution in [0.2, 0.25) is 0 Å². The standard InChI is InChI=1S/C16H25NO3/c1-18-13-9-15(19-2)14(16(10-13)20-3)11-17-12-7-5-4-6-8-12/h9-10,12,17H,4-8,11H2,1-3H3. The summed E-state index contributed by atoms with van der Waals surface area (Å²) in [7, 11) is 5.00. The summed E-state index contributed by atoms with van der Waals surface area (Å²) in [5, 5.41) is 3.62. The molecule has 4 heteroatoms. The van der Waals surface area contributed by atoms with Gasteiger partial charge in [0.1, 0.15) is 17.2 Å². The summed E-state index contributed by atoms with van der Waals surface area (Å²) in [5.41, 5.74) is 1.06. The van der Waals surface area contributed by atoms with Gasteiger partial charge in [-0.15, -0.1) is 0 Å². The Balaban J connectivity index is 2.11. The lowest BCUT2D eigenvalue weighted by Gasteiger charge is -2.24. The highest BCUT2D eigenvalue weighted by Gasteiger charge is 2.17. The van der Waals surface area contributed by atoms with Crippen molar-refractivity contribution in [2.24, 2.45) is 0 Å². The second kappa shape index (κ2) is 7.39. The number of rotatable bonds is 6. The smallest absolute Gasteiger partial charge is 0.130 e. The molecule has 0 atom stereocenters. The third kappa shape index (κ3) is 3.57. The first-order valence-corrected chi connectivity index (χ1v) is 7.30. The average Bonchev–Trinajstić information content (AvgIpc) is 2.52. The molecule has 0 spiro atoms. The van der Waals surface area contributed by atoms with E-state index in [-0.39, 0.29) is 0 Å². The fourth-order valence-corrected chi connectivity index (χ4v) is 2.81. The number of hydrogen-bond donors (Lipinski definition) is 1. The van der Waals surface area contributed by atoms with Crippen molar-refractivity contribution >= 4 is 0 Å². The van der Waals surface area contributed by atoms with Crippen LogP contribution in [0, 0.1) is 0 Å². The van der Waals surface area contributed by atoms with E-state index < -0.39 is 0 Å². The van der Waals surface area contributed by atoms with E-state index in [0.29, 0.717) is 6.04 Å². The Hall–Kier alpha value is -1.42. The summed E-state index contributed by atoms with van der Waals surface area (Å²) in [4.78, 5) is 0. The van der Waals surface area contributed by atoms with E-state index in [0.717, 1.165) is 29.4 Å². The van der Waals surface area contributed by atoms with E-state index in [1.807, 2.05) is 12.1 Å². The molecule has 1 aromatic carbocycles. The van der Waals surface area contributed by atoms with Crippen molar-refractivity contribution in [3.63, 3.8) is 0 Å². The molecule has 20 heavy (non-hydrogen) atoms. The Bertz CT molecular complexity index is 403. The molecule has 112 valence electrons. The largest absolute Gasteiger partial charge is 0.496 e.